The summed E-state index contributed by atoms with van der Waals surface area (Å²) in [6.45, 7) is 12.4. The Morgan fingerprint density at radius 3 is 1.00 bits per heavy atom. The average molecular weight is 1470 g/mol. The van der Waals surface area contributed by atoms with Crippen molar-refractivity contribution in [3.8, 4) is 125 Å². The summed E-state index contributed by atoms with van der Waals surface area (Å²) in [6.07, 6.45) is 3.66. The van der Waals surface area contributed by atoms with Gasteiger partial charge in [-0.15, -0.1) is 0 Å². The number of hydrogen-bond acceptors (Lipinski definition) is 7. The molecule has 554 valence electrons. The standard InChI is InChI=1S/5C19H16O.C11H10N2/c1-15-18(16-9-4-2-5-10-16)13-8-14-19(15)20-17-11-6-3-7-12-17;1-15-12-17(16-8-4-2-5-9-16)14-19(13-15)20-18-10-6-3-7-11-18;1-15-14-17(16-8-4-2-5-9-16)12-13-19(15)20-18-10-6-3-7-11-18;1-15-14-18(20-17-10-6-3-7-11-17)12-13-19(15)16-8-4-2-5-9-16;1-15-12-13-17(16-8-4-2-5-9-16)14-19(15)20-18-10-6-3-7-11-18;1-9-7-12-11(13-8-9)10-5-3-2-4-6-10/h5*2-14H,1H3;2-8H,1H3. The lowest BCUT2D eigenvalue weighted by molar-refractivity contribution is 0.479. The van der Waals surface area contributed by atoms with Crippen LogP contribution in [0.15, 0.2) is 437 Å². The van der Waals surface area contributed by atoms with E-state index in [2.05, 4.69) is 221 Å². The van der Waals surface area contributed by atoms with Crippen LogP contribution in [0, 0.1) is 41.5 Å². The summed E-state index contributed by atoms with van der Waals surface area (Å²) in [5.41, 5.74) is 20.0. The molecule has 0 saturated heterocycles. The van der Waals surface area contributed by atoms with Crippen LogP contribution in [0.25, 0.3) is 67.0 Å². The Balaban J connectivity index is 0.000000126. The molecule has 0 aliphatic heterocycles. The van der Waals surface area contributed by atoms with Crippen LogP contribution in [0.2, 0.25) is 0 Å². The highest BCUT2D eigenvalue weighted by Crippen LogP contribution is 2.36. The van der Waals surface area contributed by atoms with Gasteiger partial charge < -0.3 is 23.7 Å². The van der Waals surface area contributed by atoms with Crippen molar-refractivity contribution in [2.45, 2.75) is 41.5 Å². The summed E-state index contributed by atoms with van der Waals surface area (Å²) >= 11 is 0. The molecule has 0 N–H and O–H groups in total. The van der Waals surface area contributed by atoms with Gasteiger partial charge in [-0.2, -0.15) is 0 Å². The Kier molecular flexibility index (Phi) is 28.5. The van der Waals surface area contributed by atoms with E-state index in [0.717, 1.165) is 91.1 Å². The number of para-hydroxylation sites is 5. The monoisotopic (exact) mass is 1470 g/mol. The van der Waals surface area contributed by atoms with Gasteiger partial charge in [0.2, 0.25) is 0 Å². The van der Waals surface area contributed by atoms with Crippen molar-refractivity contribution in [2.24, 2.45) is 0 Å². The van der Waals surface area contributed by atoms with Gasteiger partial charge in [0.25, 0.3) is 0 Å². The molecule has 0 bridgehead atoms. The average Bonchev–Trinajstić information content (AvgIpc) is 1.15. The van der Waals surface area contributed by atoms with Gasteiger partial charge in [-0.25, -0.2) is 9.97 Å². The minimum absolute atomic E-state index is 0.784. The van der Waals surface area contributed by atoms with E-state index in [1.807, 2.05) is 268 Å². The molecule has 17 aromatic rings. The first-order chi connectivity index (χ1) is 55.5. The second kappa shape index (κ2) is 41.2. The maximum absolute atomic E-state index is 5.97. The van der Waals surface area contributed by atoms with Crippen molar-refractivity contribution in [3.05, 3.63) is 470 Å². The molecule has 16 aromatic carbocycles. The third-order valence-corrected chi connectivity index (χ3v) is 18.1. The largest absolute Gasteiger partial charge is 0.457 e. The van der Waals surface area contributed by atoms with Gasteiger partial charge in [0, 0.05) is 18.0 Å². The number of ether oxygens (including phenoxy) is 5. The molecule has 7 nitrogen and oxygen atoms in total. The van der Waals surface area contributed by atoms with Crippen molar-refractivity contribution in [1.29, 1.82) is 0 Å². The topological polar surface area (TPSA) is 71.9 Å². The fraction of sp³-hybridized carbons (Fsp3) is 0.0566. The molecule has 0 amide bonds. The zero-order valence-electron chi connectivity index (χ0n) is 64.5. The van der Waals surface area contributed by atoms with Crippen molar-refractivity contribution in [1.82, 2.24) is 9.97 Å². The van der Waals surface area contributed by atoms with Crippen molar-refractivity contribution < 1.29 is 23.7 Å². The Bertz CT molecular complexity index is 5620. The highest BCUT2D eigenvalue weighted by molar-refractivity contribution is 5.72. The van der Waals surface area contributed by atoms with E-state index in [-0.39, 0.29) is 0 Å². The third kappa shape index (κ3) is 24.0. The molecule has 1 heterocycles. The fourth-order valence-corrected chi connectivity index (χ4v) is 12.2. The zero-order valence-corrected chi connectivity index (χ0v) is 64.5. The van der Waals surface area contributed by atoms with Crippen LogP contribution in [-0.2, 0) is 0 Å². The van der Waals surface area contributed by atoms with Crippen LogP contribution in [-0.4, -0.2) is 9.97 Å². The molecule has 0 radical (unpaired) electrons. The molecule has 0 fully saturated rings. The van der Waals surface area contributed by atoms with Gasteiger partial charge in [-0.3, -0.25) is 0 Å². The van der Waals surface area contributed by atoms with E-state index >= 15 is 0 Å². The molecular weight excluding hydrogens is 1380 g/mol. The molecule has 17 rings (SSSR count). The molecule has 0 aliphatic rings. The van der Waals surface area contributed by atoms with Crippen LogP contribution in [0.1, 0.15) is 33.4 Å². The predicted molar refractivity (Wildman–Crippen MR) is 468 cm³/mol. The molecule has 0 atom stereocenters. The molecular formula is C106H90N2O5. The molecule has 0 spiro atoms. The normalized spacial score (nSPS) is 10.2. The van der Waals surface area contributed by atoms with Crippen LogP contribution >= 0.6 is 0 Å². The fourth-order valence-electron chi connectivity index (χ4n) is 12.2. The van der Waals surface area contributed by atoms with Crippen LogP contribution in [0.3, 0.4) is 0 Å². The van der Waals surface area contributed by atoms with Crippen LogP contribution in [0.4, 0.5) is 0 Å². The Hall–Kier alpha value is -14.4. The Morgan fingerprint density at radius 1 is 0.177 bits per heavy atom. The minimum Gasteiger partial charge on any atom is -0.457 e. The number of nitrogens with zero attached hydrogens (tertiary/aromatic N) is 2. The lowest BCUT2D eigenvalue weighted by Gasteiger charge is -2.12. The van der Waals surface area contributed by atoms with E-state index in [0.29, 0.717) is 0 Å². The van der Waals surface area contributed by atoms with Gasteiger partial charge in [-0.1, -0.05) is 315 Å². The molecule has 113 heavy (non-hydrogen) atoms. The highest BCUT2D eigenvalue weighted by Gasteiger charge is 2.11. The first-order valence-electron chi connectivity index (χ1n) is 37.8. The number of aromatic nitrogens is 2. The smallest absolute Gasteiger partial charge is 0.159 e. The van der Waals surface area contributed by atoms with Gasteiger partial charge in [-0.05, 0) is 240 Å². The van der Waals surface area contributed by atoms with Gasteiger partial charge >= 0.3 is 0 Å². The Morgan fingerprint density at radius 2 is 0.549 bits per heavy atom. The minimum atomic E-state index is 0.784. The highest BCUT2D eigenvalue weighted by atomic mass is 16.5. The van der Waals surface area contributed by atoms with E-state index < -0.39 is 0 Å². The summed E-state index contributed by atoms with van der Waals surface area (Å²) in [6, 6.07) is 142. The van der Waals surface area contributed by atoms with Gasteiger partial charge in [0.1, 0.15) is 57.5 Å². The van der Waals surface area contributed by atoms with E-state index in [4.69, 9.17) is 23.7 Å². The van der Waals surface area contributed by atoms with Crippen molar-refractivity contribution in [2.75, 3.05) is 0 Å². The molecule has 1 aromatic heterocycles. The number of rotatable bonds is 16. The third-order valence-electron chi connectivity index (χ3n) is 18.1. The predicted octanol–water partition coefficient (Wildman–Crippen LogP) is 29.7. The number of benzene rings is 16. The lowest BCUT2D eigenvalue weighted by atomic mass is 10.00. The summed E-state index contributed by atoms with van der Waals surface area (Å²) in [7, 11) is 0. The quantitative estimate of drug-likeness (QED) is 0.0954. The number of hydrogen-bond donors (Lipinski definition) is 0. The second-order valence-electron chi connectivity index (χ2n) is 26.8. The SMILES string of the molecule is Cc1c(Oc2ccccc2)cccc1-c1ccccc1.Cc1cc(-c2ccccc2)ccc1Oc1ccccc1.Cc1cc(Oc2ccccc2)cc(-c2ccccc2)c1.Cc1cc(Oc2ccccc2)ccc1-c1ccccc1.Cc1ccc(-c2ccccc2)cc1Oc1ccccc1.Cc1cnc(-c2ccccc2)nc1. The summed E-state index contributed by atoms with van der Waals surface area (Å²) in [4.78, 5) is 8.47. The molecule has 0 saturated carbocycles. The molecule has 7 heteroatoms. The number of aryl methyl sites for hydroxylation is 5. The maximum atomic E-state index is 5.97. The van der Waals surface area contributed by atoms with Crippen LogP contribution in [0.5, 0.6) is 57.5 Å². The van der Waals surface area contributed by atoms with Crippen molar-refractivity contribution in [3.63, 3.8) is 0 Å². The second-order valence-corrected chi connectivity index (χ2v) is 26.8. The van der Waals surface area contributed by atoms with Gasteiger partial charge in [0.15, 0.2) is 5.82 Å². The van der Waals surface area contributed by atoms with Crippen molar-refractivity contribution >= 4 is 0 Å². The van der Waals surface area contributed by atoms with Gasteiger partial charge in [0.05, 0.1) is 0 Å². The maximum Gasteiger partial charge on any atom is 0.159 e. The zero-order chi connectivity index (χ0) is 78.0. The Labute approximate surface area is 666 Å². The van der Waals surface area contributed by atoms with Crippen LogP contribution < -0.4 is 23.7 Å². The van der Waals surface area contributed by atoms with E-state index in [1.54, 1.807) is 0 Å². The molecule has 0 aliphatic carbocycles. The molecule has 0 unspecified atom stereocenters. The first-order valence-corrected chi connectivity index (χ1v) is 37.8. The first kappa shape index (κ1) is 78.2. The van der Waals surface area contributed by atoms with E-state index in [1.165, 1.54) is 66.8 Å². The summed E-state index contributed by atoms with van der Waals surface area (Å²) in [5, 5.41) is 0. The lowest BCUT2D eigenvalue weighted by Crippen LogP contribution is -1.90. The summed E-state index contributed by atoms with van der Waals surface area (Å²) < 4.78 is 29.6. The van der Waals surface area contributed by atoms with E-state index in [9.17, 15) is 0 Å². The summed E-state index contributed by atoms with van der Waals surface area (Å²) in [5.74, 6) is 9.53.